The smallest absolute Gasteiger partial charge is 0.315 e. The molecule has 0 spiro atoms. The summed E-state index contributed by atoms with van der Waals surface area (Å²) in [4.78, 5) is 26.5. The van der Waals surface area contributed by atoms with Crippen molar-refractivity contribution in [3.05, 3.63) is 30.1 Å². The summed E-state index contributed by atoms with van der Waals surface area (Å²) in [5, 5.41) is 5.31. The molecule has 5 heteroatoms. The van der Waals surface area contributed by atoms with Crippen LogP contribution in [0.3, 0.4) is 0 Å². The van der Waals surface area contributed by atoms with E-state index in [9.17, 15) is 9.59 Å². The molecule has 0 radical (unpaired) electrons. The second-order valence-electron chi connectivity index (χ2n) is 4.20. The zero-order chi connectivity index (χ0) is 13.4. The van der Waals surface area contributed by atoms with Gasteiger partial charge in [0.25, 0.3) is 0 Å². The summed E-state index contributed by atoms with van der Waals surface area (Å²) in [6, 6.07) is 4.70. The van der Waals surface area contributed by atoms with Crippen LogP contribution in [0.1, 0.15) is 26.0 Å². The summed E-state index contributed by atoms with van der Waals surface area (Å²) in [7, 11) is 0. The van der Waals surface area contributed by atoms with Crippen molar-refractivity contribution >= 4 is 12.3 Å². The first-order valence-electron chi connectivity index (χ1n) is 6.07. The summed E-state index contributed by atoms with van der Waals surface area (Å²) in [6.07, 6.45) is 3.28. The third kappa shape index (κ3) is 4.53. The van der Waals surface area contributed by atoms with Gasteiger partial charge < -0.3 is 15.4 Å². The van der Waals surface area contributed by atoms with Crippen molar-refractivity contribution in [2.24, 2.45) is 5.92 Å². The van der Waals surface area contributed by atoms with Gasteiger partial charge in [-0.3, -0.25) is 4.98 Å². The largest absolute Gasteiger partial charge is 0.332 e. The van der Waals surface area contributed by atoms with Gasteiger partial charge in [-0.05, 0) is 18.1 Å². The van der Waals surface area contributed by atoms with Crippen LogP contribution in [0, 0.1) is 5.92 Å². The topological polar surface area (TPSA) is 71.1 Å². The molecule has 2 N–H and O–H groups in total. The molecule has 0 bridgehead atoms. The maximum Gasteiger partial charge on any atom is 0.315 e. The highest BCUT2D eigenvalue weighted by Crippen LogP contribution is 2.05. The number of hydrogen-bond donors (Lipinski definition) is 2. The van der Waals surface area contributed by atoms with E-state index in [-0.39, 0.29) is 11.9 Å². The molecule has 0 saturated heterocycles. The number of urea groups is 1. The van der Waals surface area contributed by atoms with Crippen molar-refractivity contribution in [1.82, 2.24) is 15.6 Å². The Morgan fingerprint density at radius 1 is 1.50 bits per heavy atom. The number of hydrogen-bond acceptors (Lipinski definition) is 3. The quantitative estimate of drug-likeness (QED) is 0.750. The van der Waals surface area contributed by atoms with Crippen molar-refractivity contribution in [2.45, 2.75) is 32.9 Å². The number of pyridine rings is 1. The minimum Gasteiger partial charge on any atom is -0.332 e. The Morgan fingerprint density at radius 3 is 2.83 bits per heavy atom. The molecule has 98 valence electrons. The molecule has 0 aromatic carbocycles. The van der Waals surface area contributed by atoms with Gasteiger partial charge in [0, 0.05) is 6.20 Å². The van der Waals surface area contributed by atoms with Crippen LogP contribution in [-0.2, 0) is 11.3 Å². The second kappa shape index (κ2) is 7.42. The fraction of sp³-hybridized carbons (Fsp3) is 0.462. The average molecular weight is 249 g/mol. The first-order valence-corrected chi connectivity index (χ1v) is 6.07. The van der Waals surface area contributed by atoms with Gasteiger partial charge in [0.2, 0.25) is 0 Å². The third-order valence-corrected chi connectivity index (χ3v) is 2.86. The summed E-state index contributed by atoms with van der Waals surface area (Å²) >= 11 is 0. The lowest BCUT2D eigenvalue weighted by molar-refractivity contribution is -0.110. The molecule has 1 heterocycles. The lowest BCUT2D eigenvalue weighted by Crippen LogP contribution is -2.45. The average Bonchev–Trinajstić information content (AvgIpc) is 2.42. The van der Waals surface area contributed by atoms with Gasteiger partial charge in [0.1, 0.15) is 6.29 Å². The van der Waals surface area contributed by atoms with Gasteiger partial charge in [-0.2, -0.15) is 0 Å². The molecule has 2 amide bonds. The number of nitrogens with zero attached hydrogens (tertiary/aromatic N) is 1. The molecule has 2 atom stereocenters. The summed E-state index contributed by atoms with van der Waals surface area (Å²) in [5.74, 6) is 0.128. The van der Waals surface area contributed by atoms with Crippen LogP contribution in [0.2, 0.25) is 0 Å². The lowest BCUT2D eigenvalue weighted by atomic mass is 10.0. The molecule has 1 aromatic heterocycles. The predicted octanol–water partition coefficient (Wildman–Crippen LogP) is 1.49. The molecule has 18 heavy (non-hydrogen) atoms. The number of nitrogens with one attached hydrogen (secondary N) is 2. The van der Waals surface area contributed by atoms with E-state index < -0.39 is 6.04 Å². The van der Waals surface area contributed by atoms with E-state index in [0.29, 0.717) is 6.54 Å². The van der Waals surface area contributed by atoms with E-state index in [1.165, 1.54) is 0 Å². The minimum absolute atomic E-state index is 0.128. The molecule has 1 aromatic rings. The summed E-state index contributed by atoms with van der Waals surface area (Å²) < 4.78 is 0. The number of amides is 2. The predicted molar refractivity (Wildman–Crippen MR) is 68.9 cm³/mol. The van der Waals surface area contributed by atoms with Gasteiger partial charge in [0.05, 0.1) is 18.3 Å². The number of carbonyl (C=O) groups is 2. The molecule has 5 nitrogen and oxygen atoms in total. The summed E-state index contributed by atoms with van der Waals surface area (Å²) in [6.45, 7) is 4.26. The SMILES string of the molecule is CC[C@H](C)[C@@H](C=O)NC(=O)NCc1ccccn1. The minimum atomic E-state index is -0.446. The van der Waals surface area contributed by atoms with Crippen molar-refractivity contribution in [3.8, 4) is 0 Å². The molecule has 0 saturated carbocycles. The van der Waals surface area contributed by atoms with E-state index in [1.807, 2.05) is 32.0 Å². The highest BCUT2D eigenvalue weighted by Gasteiger charge is 2.16. The van der Waals surface area contributed by atoms with Crippen LogP contribution in [-0.4, -0.2) is 23.3 Å². The first kappa shape index (κ1) is 14.2. The van der Waals surface area contributed by atoms with Gasteiger partial charge in [-0.15, -0.1) is 0 Å². The number of rotatable bonds is 6. The fourth-order valence-corrected chi connectivity index (χ4v) is 1.44. The fourth-order valence-electron chi connectivity index (χ4n) is 1.44. The van der Waals surface area contributed by atoms with Crippen molar-refractivity contribution in [1.29, 1.82) is 0 Å². The van der Waals surface area contributed by atoms with Crippen LogP contribution in [0.25, 0.3) is 0 Å². The van der Waals surface area contributed by atoms with Gasteiger partial charge in [-0.1, -0.05) is 26.3 Å². The van der Waals surface area contributed by atoms with Crippen LogP contribution in [0.4, 0.5) is 4.79 Å². The van der Waals surface area contributed by atoms with Crippen molar-refractivity contribution in [2.75, 3.05) is 0 Å². The van der Waals surface area contributed by atoms with Gasteiger partial charge in [-0.25, -0.2) is 4.79 Å². The standard InChI is InChI=1S/C13H19N3O2/c1-3-10(2)12(9-17)16-13(18)15-8-11-6-4-5-7-14-11/h4-7,9-10,12H,3,8H2,1-2H3,(H2,15,16,18)/t10-,12+/m0/s1. The Labute approximate surface area is 107 Å². The lowest BCUT2D eigenvalue weighted by Gasteiger charge is -2.18. The van der Waals surface area contributed by atoms with E-state index in [2.05, 4.69) is 15.6 Å². The number of aromatic nitrogens is 1. The highest BCUT2D eigenvalue weighted by atomic mass is 16.2. The van der Waals surface area contributed by atoms with E-state index in [1.54, 1.807) is 6.20 Å². The first-order chi connectivity index (χ1) is 8.67. The number of carbonyl (C=O) groups excluding carboxylic acids is 2. The van der Waals surface area contributed by atoms with Gasteiger partial charge in [0.15, 0.2) is 0 Å². The van der Waals surface area contributed by atoms with Gasteiger partial charge >= 0.3 is 6.03 Å². The van der Waals surface area contributed by atoms with E-state index in [0.717, 1.165) is 18.4 Å². The molecular weight excluding hydrogens is 230 g/mol. The molecular formula is C13H19N3O2. The molecule has 0 fully saturated rings. The van der Waals surface area contributed by atoms with Crippen LogP contribution in [0.15, 0.2) is 24.4 Å². The molecule has 0 aliphatic rings. The Balaban J connectivity index is 2.39. The van der Waals surface area contributed by atoms with E-state index in [4.69, 9.17) is 0 Å². The van der Waals surface area contributed by atoms with E-state index >= 15 is 0 Å². The van der Waals surface area contributed by atoms with Crippen LogP contribution in [0.5, 0.6) is 0 Å². The Bertz CT molecular complexity index is 381. The Kier molecular flexibility index (Phi) is 5.84. The van der Waals surface area contributed by atoms with Crippen LogP contribution < -0.4 is 10.6 Å². The number of aldehydes is 1. The molecule has 1 rings (SSSR count). The normalized spacial score (nSPS) is 13.4. The van der Waals surface area contributed by atoms with Crippen molar-refractivity contribution in [3.63, 3.8) is 0 Å². The Morgan fingerprint density at radius 2 is 2.28 bits per heavy atom. The van der Waals surface area contributed by atoms with Crippen LogP contribution >= 0.6 is 0 Å². The molecule has 0 aliphatic heterocycles. The maximum atomic E-state index is 11.6. The molecule has 0 aliphatic carbocycles. The zero-order valence-corrected chi connectivity index (χ0v) is 10.7. The van der Waals surface area contributed by atoms with Crippen molar-refractivity contribution < 1.29 is 9.59 Å². The highest BCUT2D eigenvalue weighted by molar-refractivity contribution is 5.78. The zero-order valence-electron chi connectivity index (χ0n) is 10.7. The monoisotopic (exact) mass is 249 g/mol. The summed E-state index contributed by atoms with van der Waals surface area (Å²) in [5.41, 5.74) is 0.777. The maximum absolute atomic E-state index is 11.6. The second-order valence-corrected chi connectivity index (χ2v) is 4.20. The Hall–Kier alpha value is -1.91. The third-order valence-electron chi connectivity index (χ3n) is 2.86. The molecule has 0 unspecified atom stereocenters.